The maximum absolute atomic E-state index is 8.67. The standard InChI is InChI=1S/C15H23NOS/c1-4-13(3)10-16(5-2)11-15-9-14(12-18-15)7-6-8-17/h9,12-13,17H,4-5,8,10-11H2,1-3H3. The second-order valence-corrected chi connectivity index (χ2v) is 5.60. The molecule has 1 rings (SSSR count). The van der Waals surface area contributed by atoms with Crippen LogP contribution in [0.1, 0.15) is 37.6 Å². The molecule has 0 bridgehead atoms. The Morgan fingerprint density at radius 1 is 1.44 bits per heavy atom. The highest BCUT2D eigenvalue weighted by molar-refractivity contribution is 7.10. The second kappa shape index (κ2) is 8.31. The van der Waals surface area contributed by atoms with Crippen molar-refractivity contribution >= 4 is 11.3 Å². The third-order valence-corrected chi connectivity index (χ3v) is 3.98. The first-order valence-corrected chi connectivity index (χ1v) is 7.47. The van der Waals surface area contributed by atoms with Gasteiger partial charge in [-0.1, -0.05) is 39.0 Å². The number of aliphatic hydroxyl groups is 1. The molecule has 100 valence electrons. The van der Waals surface area contributed by atoms with Crippen molar-refractivity contribution in [3.63, 3.8) is 0 Å². The van der Waals surface area contributed by atoms with Crippen molar-refractivity contribution in [2.24, 2.45) is 5.92 Å². The van der Waals surface area contributed by atoms with E-state index < -0.39 is 0 Å². The van der Waals surface area contributed by atoms with Gasteiger partial charge in [-0.05, 0) is 18.5 Å². The molecule has 1 aromatic rings. The minimum atomic E-state index is -0.0692. The first-order chi connectivity index (χ1) is 8.69. The number of aliphatic hydroxyl groups excluding tert-OH is 1. The Morgan fingerprint density at radius 2 is 2.22 bits per heavy atom. The van der Waals surface area contributed by atoms with E-state index in [1.807, 2.05) is 0 Å². The van der Waals surface area contributed by atoms with Gasteiger partial charge in [0, 0.05) is 28.9 Å². The quantitative estimate of drug-likeness (QED) is 0.799. The van der Waals surface area contributed by atoms with Gasteiger partial charge < -0.3 is 5.11 Å². The summed E-state index contributed by atoms with van der Waals surface area (Å²) in [7, 11) is 0. The van der Waals surface area contributed by atoms with Crippen molar-refractivity contribution in [2.75, 3.05) is 19.7 Å². The van der Waals surface area contributed by atoms with E-state index in [-0.39, 0.29) is 6.61 Å². The van der Waals surface area contributed by atoms with Crippen LogP contribution in [0.25, 0.3) is 0 Å². The summed E-state index contributed by atoms with van der Waals surface area (Å²) in [4.78, 5) is 3.82. The van der Waals surface area contributed by atoms with E-state index in [0.29, 0.717) is 0 Å². The topological polar surface area (TPSA) is 23.5 Å². The van der Waals surface area contributed by atoms with E-state index in [9.17, 15) is 0 Å². The van der Waals surface area contributed by atoms with E-state index >= 15 is 0 Å². The largest absolute Gasteiger partial charge is 0.384 e. The van der Waals surface area contributed by atoms with Crippen LogP contribution in [0.15, 0.2) is 11.4 Å². The predicted octanol–water partition coefficient (Wildman–Crippen LogP) is 2.96. The van der Waals surface area contributed by atoms with Crippen LogP contribution in [0.4, 0.5) is 0 Å². The zero-order valence-electron chi connectivity index (χ0n) is 11.6. The average molecular weight is 265 g/mol. The molecule has 0 saturated heterocycles. The lowest BCUT2D eigenvalue weighted by Crippen LogP contribution is -2.27. The third-order valence-electron chi connectivity index (χ3n) is 3.06. The van der Waals surface area contributed by atoms with Gasteiger partial charge in [0.2, 0.25) is 0 Å². The molecule has 0 aromatic carbocycles. The van der Waals surface area contributed by atoms with E-state index in [1.165, 1.54) is 11.3 Å². The smallest absolute Gasteiger partial charge is 0.104 e. The molecular weight excluding hydrogens is 242 g/mol. The number of thiophene rings is 1. The SMILES string of the molecule is CCC(C)CN(CC)Cc1cc(C#CCO)cs1. The zero-order chi connectivity index (χ0) is 13.4. The lowest BCUT2D eigenvalue weighted by Gasteiger charge is -2.22. The highest BCUT2D eigenvalue weighted by Crippen LogP contribution is 2.17. The van der Waals surface area contributed by atoms with Crippen LogP contribution in [-0.4, -0.2) is 29.7 Å². The van der Waals surface area contributed by atoms with Crippen molar-refractivity contribution < 1.29 is 5.11 Å². The van der Waals surface area contributed by atoms with Gasteiger partial charge in [-0.3, -0.25) is 4.90 Å². The Balaban J connectivity index is 2.56. The highest BCUT2D eigenvalue weighted by Gasteiger charge is 2.09. The summed E-state index contributed by atoms with van der Waals surface area (Å²) in [6.07, 6.45) is 1.23. The number of nitrogens with zero attached hydrogens (tertiary/aromatic N) is 1. The van der Waals surface area contributed by atoms with Crippen LogP contribution in [-0.2, 0) is 6.54 Å². The molecule has 0 fully saturated rings. The van der Waals surface area contributed by atoms with Crippen LogP contribution in [0.3, 0.4) is 0 Å². The van der Waals surface area contributed by atoms with Gasteiger partial charge in [0.05, 0.1) is 0 Å². The van der Waals surface area contributed by atoms with Gasteiger partial charge in [-0.15, -0.1) is 11.3 Å². The lowest BCUT2D eigenvalue weighted by atomic mass is 10.1. The monoisotopic (exact) mass is 265 g/mol. The summed E-state index contributed by atoms with van der Waals surface area (Å²) in [6.45, 7) is 9.93. The first-order valence-electron chi connectivity index (χ1n) is 6.59. The molecule has 18 heavy (non-hydrogen) atoms. The summed E-state index contributed by atoms with van der Waals surface area (Å²) < 4.78 is 0. The van der Waals surface area contributed by atoms with Crippen LogP contribution in [0.5, 0.6) is 0 Å². The molecule has 2 nitrogen and oxygen atoms in total. The lowest BCUT2D eigenvalue weighted by molar-refractivity contribution is 0.240. The molecule has 0 aliphatic carbocycles. The van der Waals surface area contributed by atoms with Crippen molar-refractivity contribution in [1.82, 2.24) is 4.90 Å². The fourth-order valence-corrected chi connectivity index (χ4v) is 2.62. The zero-order valence-corrected chi connectivity index (χ0v) is 12.4. The van der Waals surface area contributed by atoms with E-state index in [0.717, 1.165) is 31.1 Å². The molecule has 0 spiro atoms. The molecule has 0 amide bonds. The van der Waals surface area contributed by atoms with E-state index in [2.05, 4.69) is 49.0 Å². The summed E-state index contributed by atoms with van der Waals surface area (Å²) in [6, 6.07) is 2.13. The molecule has 0 radical (unpaired) electrons. The molecule has 3 heteroatoms. The minimum absolute atomic E-state index is 0.0692. The Morgan fingerprint density at radius 3 is 2.83 bits per heavy atom. The molecular formula is C15H23NOS. The Bertz CT molecular complexity index is 402. The first kappa shape index (κ1) is 15.2. The van der Waals surface area contributed by atoms with Gasteiger partial charge in [-0.25, -0.2) is 0 Å². The summed E-state index contributed by atoms with van der Waals surface area (Å²) in [5.74, 6) is 6.38. The fourth-order valence-electron chi connectivity index (χ4n) is 1.77. The second-order valence-electron chi connectivity index (χ2n) is 4.60. The van der Waals surface area contributed by atoms with Gasteiger partial charge >= 0.3 is 0 Å². The fraction of sp³-hybridized carbons (Fsp3) is 0.600. The van der Waals surface area contributed by atoms with Crippen molar-refractivity contribution in [1.29, 1.82) is 0 Å². The average Bonchev–Trinajstić information content (AvgIpc) is 2.82. The minimum Gasteiger partial charge on any atom is -0.384 e. The van der Waals surface area contributed by atoms with Gasteiger partial charge in [-0.2, -0.15) is 0 Å². The van der Waals surface area contributed by atoms with Gasteiger partial charge in [0.25, 0.3) is 0 Å². The molecule has 0 aliphatic rings. The van der Waals surface area contributed by atoms with Crippen molar-refractivity contribution in [3.05, 3.63) is 21.9 Å². The highest BCUT2D eigenvalue weighted by atomic mass is 32.1. The normalized spacial score (nSPS) is 12.3. The Hall–Kier alpha value is -0.820. The number of hydrogen-bond acceptors (Lipinski definition) is 3. The molecule has 0 aliphatic heterocycles. The Kier molecular flexibility index (Phi) is 7.04. The third kappa shape index (κ3) is 5.22. The number of rotatable bonds is 6. The van der Waals surface area contributed by atoms with E-state index in [1.54, 1.807) is 11.3 Å². The molecule has 0 saturated carbocycles. The summed E-state index contributed by atoms with van der Waals surface area (Å²) in [5.41, 5.74) is 1.02. The summed E-state index contributed by atoms with van der Waals surface area (Å²) in [5, 5.41) is 10.7. The molecule has 1 N–H and O–H groups in total. The van der Waals surface area contributed by atoms with Crippen LogP contribution in [0.2, 0.25) is 0 Å². The van der Waals surface area contributed by atoms with E-state index in [4.69, 9.17) is 5.11 Å². The maximum Gasteiger partial charge on any atom is 0.104 e. The molecule has 1 atom stereocenters. The van der Waals surface area contributed by atoms with Gasteiger partial charge in [0.15, 0.2) is 0 Å². The predicted molar refractivity (Wildman–Crippen MR) is 78.7 cm³/mol. The molecule has 1 unspecified atom stereocenters. The van der Waals surface area contributed by atoms with Crippen LogP contribution >= 0.6 is 11.3 Å². The molecule has 1 aromatic heterocycles. The van der Waals surface area contributed by atoms with Crippen LogP contribution < -0.4 is 0 Å². The molecule has 1 heterocycles. The van der Waals surface area contributed by atoms with Crippen molar-refractivity contribution in [3.8, 4) is 11.8 Å². The maximum atomic E-state index is 8.67. The van der Waals surface area contributed by atoms with Gasteiger partial charge in [0.1, 0.15) is 6.61 Å². The van der Waals surface area contributed by atoms with Crippen LogP contribution in [0, 0.1) is 17.8 Å². The Labute approximate surface area is 115 Å². The summed E-state index contributed by atoms with van der Waals surface area (Å²) >= 11 is 1.75. The number of hydrogen-bond donors (Lipinski definition) is 1. The van der Waals surface area contributed by atoms with Crippen molar-refractivity contribution in [2.45, 2.75) is 33.7 Å².